The van der Waals surface area contributed by atoms with Crippen molar-refractivity contribution < 1.29 is 9.59 Å². The number of aromatic nitrogens is 2. The number of carbonyl (C=O) groups is 2. The van der Waals surface area contributed by atoms with Crippen LogP contribution in [0.5, 0.6) is 0 Å². The Morgan fingerprint density at radius 3 is 2.32 bits per heavy atom. The summed E-state index contributed by atoms with van der Waals surface area (Å²) < 4.78 is 0. The van der Waals surface area contributed by atoms with Crippen LogP contribution in [0.15, 0.2) is 48.4 Å². The SMILES string of the molecule is Cc1ncnc(C)c1C(=O)N1C=C2CN(CCC3(c4ccccc4)CCN(C(=O)C(C)C)CC3)CC2C1. The van der Waals surface area contributed by atoms with Gasteiger partial charge in [0.2, 0.25) is 5.91 Å². The molecule has 0 N–H and O–H groups in total. The van der Waals surface area contributed by atoms with E-state index < -0.39 is 0 Å². The van der Waals surface area contributed by atoms with E-state index in [-0.39, 0.29) is 23.1 Å². The molecule has 196 valence electrons. The Morgan fingerprint density at radius 1 is 1.03 bits per heavy atom. The Labute approximate surface area is 220 Å². The number of nitrogens with zero attached hydrogens (tertiary/aromatic N) is 5. The molecule has 1 aromatic heterocycles. The first kappa shape index (κ1) is 25.6. The third-order valence-corrected chi connectivity index (χ3v) is 8.67. The molecule has 0 spiro atoms. The first-order valence-electron chi connectivity index (χ1n) is 13.6. The summed E-state index contributed by atoms with van der Waals surface area (Å²) in [5.41, 5.74) is 4.96. The van der Waals surface area contributed by atoms with Crippen LogP contribution in [0.2, 0.25) is 0 Å². The maximum Gasteiger partial charge on any atom is 0.261 e. The largest absolute Gasteiger partial charge is 0.342 e. The molecule has 3 aliphatic rings. The van der Waals surface area contributed by atoms with Gasteiger partial charge in [-0.3, -0.25) is 14.5 Å². The first-order chi connectivity index (χ1) is 17.8. The van der Waals surface area contributed by atoms with Gasteiger partial charge < -0.3 is 9.80 Å². The van der Waals surface area contributed by atoms with Gasteiger partial charge in [-0.2, -0.15) is 0 Å². The summed E-state index contributed by atoms with van der Waals surface area (Å²) in [7, 11) is 0. The monoisotopic (exact) mass is 501 g/mol. The van der Waals surface area contributed by atoms with Gasteiger partial charge in [0.25, 0.3) is 5.91 Å². The van der Waals surface area contributed by atoms with Gasteiger partial charge in [0.05, 0.1) is 17.0 Å². The fraction of sp³-hybridized carbons (Fsp3) is 0.533. The van der Waals surface area contributed by atoms with Crippen LogP contribution in [-0.4, -0.2) is 75.8 Å². The molecule has 4 heterocycles. The van der Waals surface area contributed by atoms with E-state index in [0.717, 1.165) is 69.9 Å². The van der Waals surface area contributed by atoms with Crippen molar-refractivity contribution in [1.29, 1.82) is 0 Å². The van der Waals surface area contributed by atoms with Crippen LogP contribution >= 0.6 is 0 Å². The molecule has 2 amide bonds. The highest BCUT2D eigenvalue weighted by atomic mass is 16.2. The van der Waals surface area contributed by atoms with Gasteiger partial charge in [-0.25, -0.2) is 9.97 Å². The highest BCUT2D eigenvalue weighted by molar-refractivity contribution is 5.97. The molecule has 0 aliphatic carbocycles. The van der Waals surface area contributed by atoms with Crippen molar-refractivity contribution in [3.8, 4) is 0 Å². The van der Waals surface area contributed by atoms with Crippen molar-refractivity contribution in [3.63, 3.8) is 0 Å². The van der Waals surface area contributed by atoms with Gasteiger partial charge in [-0.05, 0) is 56.2 Å². The standard InChI is InChI=1S/C30H39N5O2/c1-21(2)28(36)34-14-11-30(12-15-34,26-8-6-5-7-9-26)10-13-33-16-24-18-35(19-25(24)17-33)29(37)27-22(3)31-20-32-23(27)4/h5-9,18,20-21,25H,10-17,19H2,1-4H3. The van der Waals surface area contributed by atoms with Crippen LogP contribution in [0.3, 0.4) is 0 Å². The highest BCUT2D eigenvalue weighted by Crippen LogP contribution is 2.40. The predicted molar refractivity (Wildman–Crippen MR) is 144 cm³/mol. The Bertz CT molecular complexity index is 1160. The summed E-state index contributed by atoms with van der Waals surface area (Å²) in [5, 5.41) is 0. The molecule has 5 rings (SSSR count). The van der Waals surface area contributed by atoms with Gasteiger partial charge in [0, 0.05) is 50.8 Å². The van der Waals surface area contributed by atoms with Gasteiger partial charge in [-0.15, -0.1) is 0 Å². The van der Waals surface area contributed by atoms with E-state index in [0.29, 0.717) is 11.5 Å². The van der Waals surface area contributed by atoms with E-state index in [1.54, 1.807) is 0 Å². The molecular formula is C30H39N5O2. The molecule has 0 bridgehead atoms. The highest BCUT2D eigenvalue weighted by Gasteiger charge is 2.40. The Balaban J connectivity index is 1.24. The predicted octanol–water partition coefficient (Wildman–Crippen LogP) is 3.97. The van der Waals surface area contributed by atoms with Gasteiger partial charge in [-0.1, -0.05) is 44.2 Å². The molecule has 7 heteroatoms. The first-order valence-corrected chi connectivity index (χ1v) is 13.6. The second-order valence-electron chi connectivity index (χ2n) is 11.4. The number of piperidine rings is 1. The Kier molecular flexibility index (Phi) is 7.17. The maximum atomic E-state index is 13.2. The molecule has 0 saturated carbocycles. The molecule has 1 atom stereocenters. The molecule has 1 aromatic carbocycles. The molecule has 2 fully saturated rings. The summed E-state index contributed by atoms with van der Waals surface area (Å²) in [4.78, 5) is 40.7. The van der Waals surface area contributed by atoms with E-state index in [9.17, 15) is 9.59 Å². The molecule has 37 heavy (non-hydrogen) atoms. The van der Waals surface area contributed by atoms with Crippen LogP contribution in [-0.2, 0) is 10.2 Å². The Morgan fingerprint density at radius 2 is 1.70 bits per heavy atom. The van der Waals surface area contributed by atoms with Gasteiger partial charge in [0.1, 0.15) is 6.33 Å². The molecular weight excluding hydrogens is 462 g/mol. The molecule has 7 nitrogen and oxygen atoms in total. The molecule has 2 aromatic rings. The number of fused-ring (bicyclic) bond motifs is 1. The van der Waals surface area contributed by atoms with Crippen molar-refractivity contribution in [2.24, 2.45) is 11.8 Å². The summed E-state index contributed by atoms with van der Waals surface area (Å²) in [6.45, 7) is 13.1. The number of rotatable bonds is 6. The quantitative estimate of drug-likeness (QED) is 0.599. The smallest absolute Gasteiger partial charge is 0.261 e. The summed E-state index contributed by atoms with van der Waals surface area (Å²) in [6.07, 6.45) is 6.70. The minimum atomic E-state index is 0.00906. The summed E-state index contributed by atoms with van der Waals surface area (Å²) >= 11 is 0. The summed E-state index contributed by atoms with van der Waals surface area (Å²) in [5.74, 6) is 0.727. The van der Waals surface area contributed by atoms with Crippen LogP contribution in [0.25, 0.3) is 0 Å². The van der Waals surface area contributed by atoms with Gasteiger partial charge in [0.15, 0.2) is 0 Å². The number of likely N-dealkylation sites (tertiary alicyclic amines) is 2. The molecule has 2 saturated heterocycles. The lowest BCUT2D eigenvalue weighted by atomic mass is 9.70. The van der Waals surface area contributed by atoms with E-state index in [2.05, 4.69) is 56.3 Å². The zero-order valence-corrected chi connectivity index (χ0v) is 22.6. The number of hydrogen-bond acceptors (Lipinski definition) is 5. The van der Waals surface area contributed by atoms with Gasteiger partial charge >= 0.3 is 0 Å². The van der Waals surface area contributed by atoms with E-state index >= 15 is 0 Å². The zero-order valence-electron chi connectivity index (χ0n) is 22.6. The second kappa shape index (κ2) is 10.4. The number of carbonyl (C=O) groups excluding carboxylic acids is 2. The average Bonchev–Trinajstić information content (AvgIpc) is 3.47. The molecule has 1 unspecified atom stereocenters. The lowest BCUT2D eigenvalue weighted by molar-refractivity contribution is -0.136. The van der Waals surface area contributed by atoms with Crippen LogP contribution in [0.1, 0.15) is 60.4 Å². The minimum Gasteiger partial charge on any atom is -0.342 e. The average molecular weight is 502 g/mol. The van der Waals surface area contributed by atoms with Crippen molar-refractivity contribution in [2.45, 2.75) is 52.4 Å². The van der Waals surface area contributed by atoms with Crippen LogP contribution < -0.4 is 0 Å². The fourth-order valence-electron chi connectivity index (χ4n) is 6.42. The van der Waals surface area contributed by atoms with Crippen LogP contribution in [0.4, 0.5) is 0 Å². The number of hydrogen-bond donors (Lipinski definition) is 0. The molecule has 0 radical (unpaired) electrons. The van der Waals surface area contributed by atoms with Crippen LogP contribution in [0, 0.1) is 25.7 Å². The van der Waals surface area contributed by atoms with E-state index in [4.69, 9.17) is 0 Å². The normalized spacial score (nSPS) is 21.3. The Hall–Kier alpha value is -3.06. The number of benzene rings is 1. The number of amides is 2. The summed E-state index contributed by atoms with van der Waals surface area (Å²) in [6, 6.07) is 10.9. The lowest BCUT2D eigenvalue weighted by Gasteiger charge is -2.43. The zero-order chi connectivity index (χ0) is 26.2. The third kappa shape index (κ3) is 5.06. The maximum absolute atomic E-state index is 13.2. The second-order valence-corrected chi connectivity index (χ2v) is 11.4. The van der Waals surface area contributed by atoms with Crippen molar-refractivity contribution >= 4 is 11.8 Å². The van der Waals surface area contributed by atoms with Crippen molar-refractivity contribution in [1.82, 2.24) is 24.7 Å². The fourth-order valence-corrected chi connectivity index (χ4v) is 6.42. The van der Waals surface area contributed by atoms with Crippen molar-refractivity contribution in [3.05, 3.63) is 70.9 Å². The minimum absolute atomic E-state index is 0.00906. The molecule has 3 aliphatic heterocycles. The van der Waals surface area contributed by atoms with E-state index in [1.165, 1.54) is 17.5 Å². The third-order valence-electron chi connectivity index (χ3n) is 8.67. The van der Waals surface area contributed by atoms with Crippen molar-refractivity contribution in [2.75, 3.05) is 39.3 Å². The lowest BCUT2D eigenvalue weighted by Crippen LogP contribution is -2.47. The number of aryl methyl sites for hydroxylation is 2. The van der Waals surface area contributed by atoms with E-state index in [1.807, 2.05) is 32.6 Å². The topological polar surface area (TPSA) is 69.6 Å².